The lowest BCUT2D eigenvalue weighted by molar-refractivity contribution is 0.196. The number of piperazine rings is 1. The first-order valence-electron chi connectivity index (χ1n) is 7.65. The Morgan fingerprint density at radius 3 is 1.88 bits per heavy atom. The van der Waals surface area contributed by atoms with Crippen molar-refractivity contribution in [3.63, 3.8) is 0 Å². The maximum atomic E-state index is 3.33. The minimum Gasteiger partial charge on any atom is -0.314 e. The molecule has 1 N–H and O–H groups in total. The third-order valence-corrected chi connectivity index (χ3v) is 4.03. The molecule has 1 saturated carbocycles. The van der Waals surface area contributed by atoms with Crippen molar-refractivity contribution in [3.05, 3.63) is 0 Å². The third-order valence-electron chi connectivity index (χ3n) is 4.03. The van der Waals surface area contributed by atoms with Crippen LogP contribution in [0.5, 0.6) is 0 Å². The molecule has 1 heterocycles. The average Bonchev–Trinajstić information content (AvgIpc) is 2.59. The highest BCUT2D eigenvalue weighted by Crippen LogP contribution is 2.21. The SMILES string of the molecule is CC(C)N1CCNCC1.CC1CCCCCC1. The van der Waals surface area contributed by atoms with Gasteiger partial charge >= 0.3 is 0 Å². The lowest BCUT2D eigenvalue weighted by Crippen LogP contribution is -2.46. The van der Waals surface area contributed by atoms with Gasteiger partial charge in [-0.25, -0.2) is 0 Å². The molecule has 2 rings (SSSR count). The van der Waals surface area contributed by atoms with Crippen molar-refractivity contribution in [1.29, 1.82) is 0 Å². The number of hydrogen-bond acceptors (Lipinski definition) is 2. The first-order chi connectivity index (χ1) is 8.20. The molecule has 0 bridgehead atoms. The van der Waals surface area contributed by atoms with E-state index in [1.54, 1.807) is 0 Å². The summed E-state index contributed by atoms with van der Waals surface area (Å²) in [5.74, 6) is 1.03. The second kappa shape index (κ2) is 8.93. The van der Waals surface area contributed by atoms with Crippen LogP contribution in [0.1, 0.15) is 59.3 Å². The summed E-state index contributed by atoms with van der Waals surface area (Å²) < 4.78 is 0. The summed E-state index contributed by atoms with van der Waals surface area (Å²) in [5.41, 5.74) is 0. The smallest absolute Gasteiger partial charge is 0.0110 e. The molecule has 0 aromatic heterocycles. The monoisotopic (exact) mass is 240 g/mol. The number of rotatable bonds is 1. The van der Waals surface area contributed by atoms with Crippen molar-refractivity contribution in [2.45, 2.75) is 65.3 Å². The molecule has 2 nitrogen and oxygen atoms in total. The molecule has 0 spiro atoms. The summed E-state index contributed by atoms with van der Waals surface area (Å²) in [6.07, 6.45) is 8.93. The van der Waals surface area contributed by atoms with Gasteiger partial charge in [0.2, 0.25) is 0 Å². The summed E-state index contributed by atoms with van der Waals surface area (Å²) in [6, 6.07) is 0.729. The fraction of sp³-hybridized carbons (Fsp3) is 1.00. The van der Waals surface area contributed by atoms with E-state index in [-0.39, 0.29) is 0 Å². The Labute approximate surface area is 108 Å². The molecule has 1 aliphatic carbocycles. The maximum Gasteiger partial charge on any atom is 0.0110 e. The predicted molar refractivity (Wildman–Crippen MR) is 76.4 cm³/mol. The van der Waals surface area contributed by atoms with Crippen LogP contribution in [-0.4, -0.2) is 37.1 Å². The zero-order chi connectivity index (χ0) is 12.5. The van der Waals surface area contributed by atoms with E-state index in [1.807, 2.05) is 0 Å². The molecule has 2 fully saturated rings. The second-order valence-electron chi connectivity index (χ2n) is 5.98. The maximum absolute atomic E-state index is 3.33. The summed E-state index contributed by atoms with van der Waals surface area (Å²) in [5, 5.41) is 3.33. The molecule has 2 heteroatoms. The molecule has 0 aromatic rings. The van der Waals surface area contributed by atoms with Gasteiger partial charge in [0.25, 0.3) is 0 Å². The quantitative estimate of drug-likeness (QED) is 0.708. The van der Waals surface area contributed by atoms with Crippen LogP contribution in [0.15, 0.2) is 0 Å². The van der Waals surface area contributed by atoms with Crippen molar-refractivity contribution in [2.24, 2.45) is 5.92 Å². The Bertz CT molecular complexity index is 166. The molecule has 0 radical (unpaired) electrons. The zero-order valence-electron chi connectivity index (χ0n) is 12.2. The topological polar surface area (TPSA) is 15.3 Å². The molecule has 0 unspecified atom stereocenters. The molecule has 102 valence electrons. The van der Waals surface area contributed by atoms with Crippen LogP contribution < -0.4 is 5.32 Å². The Balaban J connectivity index is 0.000000171. The summed E-state index contributed by atoms with van der Waals surface area (Å²) in [7, 11) is 0. The van der Waals surface area contributed by atoms with Gasteiger partial charge in [0.15, 0.2) is 0 Å². The number of nitrogens with zero attached hydrogens (tertiary/aromatic N) is 1. The molecule has 17 heavy (non-hydrogen) atoms. The lowest BCUT2D eigenvalue weighted by Gasteiger charge is -2.30. The molecule has 0 amide bonds. The van der Waals surface area contributed by atoms with Gasteiger partial charge in [0, 0.05) is 32.2 Å². The van der Waals surface area contributed by atoms with Crippen LogP contribution in [0.3, 0.4) is 0 Å². The van der Waals surface area contributed by atoms with Gasteiger partial charge in [-0.1, -0.05) is 45.4 Å². The van der Waals surface area contributed by atoms with Crippen LogP contribution in [0.25, 0.3) is 0 Å². The van der Waals surface area contributed by atoms with E-state index in [9.17, 15) is 0 Å². The normalized spacial score (nSPS) is 24.0. The van der Waals surface area contributed by atoms with Crippen molar-refractivity contribution in [1.82, 2.24) is 10.2 Å². The van der Waals surface area contributed by atoms with Crippen molar-refractivity contribution in [2.75, 3.05) is 26.2 Å². The molecule has 0 atom stereocenters. The van der Waals surface area contributed by atoms with Gasteiger partial charge in [-0.15, -0.1) is 0 Å². The van der Waals surface area contributed by atoms with Gasteiger partial charge in [0.1, 0.15) is 0 Å². The van der Waals surface area contributed by atoms with Crippen LogP contribution >= 0.6 is 0 Å². The Kier molecular flexibility index (Phi) is 7.87. The van der Waals surface area contributed by atoms with Gasteiger partial charge in [0.05, 0.1) is 0 Å². The van der Waals surface area contributed by atoms with Crippen LogP contribution in [-0.2, 0) is 0 Å². The van der Waals surface area contributed by atoms with Gasteiger partial charge in [-0.05, 0) is 19.8 Å². The van der Waals surface area contributed by atoms with Crippen LogP contribution in [0, 0.1) is 5.92 Å². The highest BCUT2D eigenvalue weighted by atomic mass is 15.2. The highest BCUT2D eigenvalue weighted by Gasteiger charge is 2.11. The van der Waals surface area contributed by atoms with E-state index in [0.29, 0.717) is 0 Å². The predicted octanol–water partition coefficient (Wildman–Crippen LogP) is 3.28. The van der Waals surface area contributed by atoms with E-state index in [4.69, 9.17) is 0 Å². The third kappa shape index (κ3) is 7.05. The highest BCUT2D eigenvalue weighted by molar-refractivity contribution is 4.69. The first kappa shape index (κ1) is 15.0. The van der Waals surface area contributed by atoms with E-state index in [2.05, 4.69) is 31.0 Å². The van der Waals surface area contributed by atoms with Crippen molar-refractivity contribution >= 4 is 0 Å². The van der Waals surface area contributed by atoms with E-state index < -0.39 is 0 Å². The number of hydrogen-bond donors (Lipinski definition) is 1. The van der Waals surface area contributed by atoms with E-state index >= 15 is 0 Å². The lowest BCUT2D eigenvalue weighted by atomic mass is 10.0. The van der Waals surface area contributed by atoms with Gasteiger partial charge in [-0.3, -0.25) is 4.90 Å². The van der Waals surface area contributed by atoms with Crippen LogP contribution in [0.4, 0.5) is 0 Å². The summed E-state index contributed by atoms with van der Waals surface area (Å²) in [6.45, 7) is 11.7. The van der Waals surface area contributed by atoms with Crippen molar-refractivity contribution in [3.8, 4) is 0 Å². The molecular weight excluding hydrogens is 208 g/mol. The molecular formula is C15H32N2. The molecule has 1 aliphatic heterocycles. The average molecular weight is 240 g/mol. The van der Waals surface area contributed by atoms with Gasteiger partial charge in [-0.2, -0.15) is 0 Å². The fourth-order valence-electron chi connectivity index (χ4n) is 2.68. The molecule has 0 aromatic carbocycles. The zero-order valence-corrected chi connectivity index (χ0v) is 12.2. The van der Waals surface area contributed by atoms with Crippen LogP contribution in [0.2, 0.25) is 0 Å². The molecule has 1 saturated heterocycles. The van der Waals surface area contributed by atoms with E-state index in [0.717, 1.165) is 25.0 Å². The Hall–Kier alpha value is -0.0800. The second-order valence-corrected chi connectivity index (χ2v) is 5.98. The fourth-order valence-corrected chi connectivity index (χ4v) is 2.68. The van der Waals surface area contributed by atoms with Gasteiger partial charge < -0.3 is 5.32 Å². The minimum atomic E-state index is 0.729. The minimum absolute atomic E-state index is 0.729. The Morgan fingerprint density at radius 2 is 1.47 bits per heavy atom. The van der Waals surface area contributed by atoms with Crippen molar-refractivity contribution < 1.29 is 0 Å². The summed E-state index contributed by atoms with van der Waals surface area (Å²) in [4.78, 5) is 2.50. The summed E-state index contributed by atoms with van der Waals surface area (Å²) >= 11 is 0. The number of nitrogens with one attached hydrogen (secondary N) is 1. The Morgan fingerprint density at radius 1 is 0.941 bits per heavy atom. The van der Waals surface area contributed by atoms with E-state index in [1.165, 1.54) is 51.6 Å². The standard InChI is InChI=1S/C8H16.C7H16N2/c1-8-6-4-2-3-5-7-8;1-7(2)9-5-3-8-4-6-9/h8H,2-7H2,1H3;7-8H,3-6H2,1-2H3. The molecule has 2 aliphatic rings. The first-order valence-corrected chi connectivity index (χ1v) is 7.65. The largest absolute Gasteiger partial charge is 0.314 e.